The van der Waals surface area contributed by atoms with Crippen LogP contribution < -0.4 is 5.73 Å². The Morgan fingerprint density at radius 3 is 2.57 bits per heavy atom. The van der Waals surface area contributed by atoms with Crippen molar-refractivity contribution in [2.45, 2.75) is 39.2 Å². The highest BCUT2D eigenvalue weighted by Crippen LogP contribution is 2.37. The van der Waals surface area contributed by atoms with Crippen LogP contribution in [0.25, 0.3) is 11.4 Å². The van der Waals surface area contributed by atoms with Gasteiger partial charge in [0.1, 0.15) is 0 Å². The van der Waals surface area contributed by atoms with Gasteiger partial charge < -0.3 is 5.73 Å². The molecule has 5 nitrogen and oxygen atoms in total. The first kappa shape index (κ1) is 14.5. The summed E-state index contributed by atoms with van der Waals surface area (Å²) >= 11 is 3.42. The second-order valence-electron chi connectivity index (χ2n) is 6.25. The molecule has 0 radical (unpaired) electrons. The van der Waals surface area contributed by atoms with Crippen LogP contribution in [0.3, 0.4) is 0 Å². The minimum atomic E-state index is 0.374. The number of nitrogens with zero attached hydrogens (tertiary/aromatic N) is 4. The van der Waals surface area contributed by atoms with Gasteiger partial charge in [0.2, 0.25) is 0 Å². The predicted octanol–water partition coefficient (Wildman–Crippen LogP) is 3.68. The van der Waals surface area contributed by atoms with Gasteiger partial charge in [0, 0.05) is 15.7 Å². The van der Waals surface area contributed by atoms with Crippen molar-refractivity contribution in [3.8, 4) is 11.4 Å². The van der Waals surface area contributed by atoms with Crippen LogP contribution in [0.1, 0.15) is 39.2 Å². The number of anilines is 1. The molecule has 0 aliphatic heterocycles. The van der Waals surface area contributed by atoms with E-state index in [0.717, 1.165) is 28.7 Å². The fourth-order valence-corrected chi connectivity index (χ4v) is 3.66. The monoisotopic (exact) mass is 349 g/mol. The molecule has 1 heterocycles. The Morgan fingerprint density at radius 1 is 1.19 bits per heavy atom. The van der Waals surface area contributed by atoms with E-state index in [0.29, 0.717) is 23.6 Å². The van der Waals surface area contributed by atoms with E-state index < -0.39 is 0 Å². The fraction of sp³-hybridized carbons (Fsp3) is 0.533. The maximum atomic E-state index is 5.97. The molecule has 6 heteroatoms. The lowest BCUT2D eigenvalue weighted by molar-refractivity contribution is 0.209. The van der Waals surface area contributed by atoms with Crippen molar-refractivity contribution < 1.29 is 0 Å². The summed E-state index contributed by atoms with van der Waals surface area (Å²) in [6.45, 7) is 4.62. The Kier molecular flexibility index (Phi) is 3.97. The first-order chi connectivity index (χ1) is 10.0. The average Bonchev–Trinajstić information content (AvgIpc) is 2.90. The summed E-state index contributed by atoms with van der Waals surface area (Å²) < 4.78 is 2.87. The van der Waals surface area contributed by atoms with Gasteiger partial charge in [-0.05, 0) is 75.7 Å². The Bertz CT molecular complexity index is 629. The molecule has 1 saturated carbocycles. The zero-order chi connectivity index (χ0) is 15.0. The molecule has 1 aliphatic carbocycles. The first-order valence-electron chi connectivity index (χ1n) is 7.38. The van der Waals surface area contributed by atoms with Crippen LogP contribution in [0.4, 0.5) is 5.69 Å². The molecular weight excluding hydrogens is 330 g/mol. The molecule has 0 amide bonds. The lowest BCUT2D eigenvalue weighted by Gasteiger charge is -2.31. The zero-order valence-corrected chi connectivity index (χ0v) is 13.9. The molecule has 3 rings (SSSR count). The summed E-state index contributed by atoms with van der Waals surface area (Å²) in [6, 6.07) is 6.23. The molecule has 1 aliphatic rings. The average molecular weight is 350 g/mol. The topological polar surface area (TPSA) is 69.6 Å². The molecule has 1 aromatic heterocycles. The fourth-order valence-electron chi connectivity index (χ4n) is 3.42. The molecule has 2 atom stereocenters. The highest BCUT2D eigenvalue weighted by molar-refractivity contribution is 9.10. The van der Waals surface area contributed by atoms with E-state index in [9.17, 15) is 0 Å². The van der Waals surface area contributed by atoms with Crippen LogP contribution in [0, 0.1) is 11.8 Å². The third-order valence-electron chi connectivity index (χ3n) is 4.25. The molecule has 21 heavy (non-hydrogen) atoms. The van der Waals surface area contributed by atoms with E-state index in [4.69, 9.17) is 5.73 Å². The van der Waals surface area contributed by atoms with E-state index in [1.54, 1.807) is 0 Å². The third kappa shape index (κ3) is 2.95. The van der Waals surface area contributed by atoms with E-state index in [2.05, 4.69) is 45.3 Å². The number of nitrogens with two attached hydrogens (primary N) is 1. The van der Waals surface area contributed by atoms with Gasteiger partial charge in [0.05, 0.1) is 6.04 Å². The maximum Gasteiger partial charge on any atom is 0.182 e. The van der Waals surface area contributed by atoms with Gasteiger partial charge >= 0.3 is 0 Å². The number of halogens is 1. The van der Waals surface area contributed by atoms with Crippen molar-refractivity contribution in [1.29, 1.82) is 0 Å². The number of rotatable bonds is 2. The van der Waals surface area contributed by atoms with E-state index in [1.165, 1.54) is 6.42 Å². The molecule has 112 valence electrons. The molecule has 2 N–H and O–H groups in total. The summed E-state index contributed by atoms with van der Waals surface area (Å²) in [6.07, 6.45) is 3.56. The van der Waals surface area contributed by atoms with E-state index >= 15 is 0 Å². The van der Waals surface area contributed by atoms with Gasteiger partial charge in [-0.25, -0.2) is 4.68 Å². The van der Waals surface area contributed by atoms with E-state index in [-0.39, 0.29) is 0 Å². The van der Waals surface area contributed by atoms with Gasteiger partial charge in [-0.2, -0.15) is 0 Å². The standard InChI is InChI=1S/C15H20BrN5/c1-9-5-10(2)7-12(6-9)21-15(18-19-20-21)11-3-4-13(16)14(17)8-11/h3-4,8-10,12H,5-7,17H2,1-2H3. The number of aromatic nitrogens is 4. The van der Waals surface area contributed by atoms with Gasteiger partial charge in [0.25, 0.3) is 0 Å². The number of benzene rings is 1. The molecule has 1 fully saturated rings. The highest BCUT2D eigenvalue weighted by atomic mass is 79.9. The summed E-state index contributed by atoms with van der Waals surface area (Å²) in [5.74, 6) is 2.23. The lowest BCUT2D eigenvalue weighted by Crippen LogP contribution is -2.24. The molecule has 2 unspecified atom stereocenters. The smallest absolute Gasteiger partial charge is 0.182 e. The van der Waals surface area contributed by atoms with Crippen molar-refractivity contribution >= 4 is 21.6 Å². The normalized spacial score (nSPS) is 26.0. The summed E-state index contributed by atoms with van der Waals surface area (Å²) in [7, 11) is 0. The molecule has 0 bridgehead atoms. The molecular formula is C15H20BrN5. The minimum Gasteiger partial charge on any atom is -0.398 e. The molecule has 0 saturated heterocycles. The van der Waals surface area contributed by atoms with Crippen molar-refractivity contribution in [2.75, 3.05) is 5.73 Å². The predicted molar refractivity (Wildman–Crippen MR) is 86.6 cm³/mol. The van der Waals surface area contributed by atoms with E-state index in [1.807, 2.05) is 22.9 Å². The summed E-state index contributed by atoms with van der Waals surface area (Å²) in [4.78, 5) is 0. The number of hydrogen-bond donors (Lipinski definition) is 1. The number of hydrogen-bond acceptors (Lipinski definition) is 4. The summed E-state index contributed by atoms with van der Waals surface area (Å²) in [5.41, 5.74) is 7.64. The Balaban J connectivity index is 1.95. The second kappa shape index (κ2) is 5.75. The van der Waals surface area contributed by atoms with Crippen LogP contribution in [-0.4, -0.2) is 20.2 Å². The Hall–Kier alpha value is -1.43. The first-order valence-corrected chi connectivity index (χ1v) is 8.17. The van der Waals surface area contributed by atoms with Crippen LogP contribution >= 0.6 is 15.9 Å². The molecule has 1 aromatic carbocycles. The van der Waals surface area contributed by atoms with Gasteiger partial charge in [-0.15, -0.1) is 5.10 Å². The Morgan fingerprint density at radius 2 is 1.90 bits per heavy atom. The zero-order valence-electron chi connectivity index (χ0n) is 12.3. The number of nitrogen functional groups attached to an aromatic ring is 1. The van der Waals surface area contributed by atoms with Crippen LogP contribution in [-0.2, 0) is 0 Å². The quantitative estimate of drug-likeness (QED) is 0.839. The SMILES string of the molecule is CC1CC(C)CC(n2nnnc2-c2ccc(Br)c(N)c2)C1. The third-order valence-corrected chi connectivity index (χ3v) is 4.97. The Labute approximate surface area is 133 Å². The van der Waals surface area contributed by atoms with Crippen LogP contribution in [0.2, 0.25) is 0 Å². The van der Waals surface area contributed by atoms with Crippen LogP contribution in [0.5, 0.6) is 0 Å². The maximum absolute atomic E-state index is 5.97. The van der Waals surface area contributed by atoms with Gasteiger partial charge in [-0.3, -0.25) is 0 Å². The number of tetrazole rings is 1. The molecule has 2 aromatic rings. The van der Waals surface area contributed by atoms with Crippen molar-refractivity contribution in [2.24, 2.45) is 11.8 Å². The lowest BCUT2D eigenvalue weighted by atomic mass is 9.80. The van der Waals surface area contributed by atoms with Gasteiger partial charge in [0.15, 0.2) is 5.82 Å². The minimum absolute atomic E-state index is 0.374. The van der Waals surface area contributed by atoms with Crippen molar-refractivity contribution in [1.82, 2.24) is 20.2 Å². The van der Waals surface area contributed by atoms with Crippen molar-refractivity contribution in [3.63, 3.8) is 0 Å². The second-order valence-corrected chi connectivity index (χ2v) is 7.11. The summed E-state index contributed by atoms with van der Waals surface area (Å²) in [5, 5.41) is 12.3. The largest absolute Gasteiger partial charge is 0.398 e. The molecule has 0 spiro atoms. The van der Waals surface area contributed by atoms with Crippen LogP contribution in [0.15, 0.2) is 22.7 Å². The van der Waals surface area contributed by atoms with Crippen molar-refractivity contribution in [3.05, 3.63) is 22.7 Å². The highest BCUT2D eigenvalue weighted by Gasteiger charge is 2.28. The van der Waals surface area contributed by atoms with Gasteiger partial charge in [-0.1, -0.05) is 13.8 Å².